The molecule has 28 heavy (non-hydrogen) atoms. The Kier molecular flexibility index (Phi) is 7.03. The zero-order valence-corrected chi connectivity index (χ0v) is 16.7. The third kappa shape index (κ3) is 4.90. The molecule has 3 aromatic rings. The number of aromatic nitrogens is 2. The Morgan fingerprint density at radius 2 is 1.93 bits per heavy atom. The molecule has 0 aliphatic carbocycles. The summed E-state index contributed by atoms with van der Waals surface area (Å²) in [5, 5.41) is 7.51. The van der Waals surface area contributed by atoms with E-state index in [0.717, 1.165) is 37.4 Å². The number of hydrogen-bond donors (Lipinski definition) is 1. The maximum Gasteiger partial charge on any atom is 0.264 e. The molecular formula is C21H25ClN4O2. The molecule has 6 nitrogen and oxygen atoms in total. The molecule has 148 valence electrons. The van der Waals surface area contributed by atoms with E-state index in [2.05, 4.69) is 57.7 Å². The van der Waals surface area contributed by atoms with Crippen molar-refractivity contribution >= 4 is 12.4 Å². The van der Waals surface area contributed by atoms with Crippen molar-refractivity contribution in [3.05, 3.63) is 77.4 Å². The van der Waals surface area contributed by atoms with E-state index < -0.39 is 0 Å². The van der Waals surface area contributed by atoms with Crippen molar-refractivity contribution < 1.29 is 9.26 Å². The van der Waals surface area contributed by atoms with Gasteiger partial charge in [-0.2, -0.15) is 4.98 Å². The molecule has 0 amide bonds. The summed E-state index contributed by atoms with van der Waals surface area (Å²) >= 11 is 0. The van der Waals surface area contributed by atoms with Crippen molar-refractivity contribution in [1.29, 1.82) is 0 Å². The number of ether oxygens (including phenoxy) is 1. The van der Waals surface area contributed by atoms with Gasteiger partial charge in [-0.1, -0.05) is 53.7 Å². The van der Waals surface area contributed by atoms with E-state index in [9.17, 15) is 0 Å². The molecule has 7 heteroatoms. The van der Waals surface area contributed by atoms with Crippen LogP contribution in [0.15, 0.2) is 59.1 Å². The van der Waals surface area contributed by atoms with Crippen LogP contribution in [0.1, 0.15) is 28.9 Å². The fourth-order valence-corrected chi connectivity index (χ4v) is 3.30. The van der Waals surface area contributed by atoms with E-state index in [0.29, 0.717) is 11.7 Å². The molecule has 1 aromatic heterocycles. The molecule has 2 aromatic carbocycles. The molecule has 0 radical (unpaired) electrons. The van der Waals surface area contributed by atoms with Crippen LogP contribution in [0.2, 0.25) is 0 Å². The van der Waals surface area contributed by atoms with Crippen LogP contribution in [0.25, 0.3) is 0 Å². The number of nitrogens with zero attached hydrogens (tertiary/aromatic N) is 3. The van der Waals surface area contributed by atoms with Gasteiger partial charge >= 0.3 is 0 Å². The minimum Gasteiger partial charge on any atom is -0.483 e. The average molecular weight is 401 g/mol. The number of rotatable bonds is 6. The lowest BCUT2D eigenvalue weighted by atomic mass is 10.0. The highest BCUT2D eigenvalue weighted by atomic mass is 35.5. The quantitative estimate of drug-likeness (QED) is 0.685. The van der Waals surface area contributed by atoms with E-state index in [1.807, 2.05) is 24.3 Å². The lowest BCUT2D eigenvalue weighted by Gasteiger charge is -2.30. The molecule has 1 N–H and O–H groups in total. The summed E-state index contributed by atoms with van der Waals surface area (Å²) in [6.07, 6.45) is 0.824. The maximum absolute atomic E-state index is 6.00. The van der Waals surface area contributed by atoms with Crippen LogP contribution < -0.4 is 10.1 Å². The predicted octanol–water partition coefficient (Wildman–Crippen LogP) is 3.24. The first-order chi connectivity index (χ1) is 13.3. The summed E-state index contributed by atoms with van der Waals surface area (Å²) in [5.74, 6) is 2.05. The smallest absolute Gasteiger partial charge is 0.264 e. The molecular weight excluding hydrogens is 376 g/mol. The Morgan fingerprint density at radius 1 is 1.14 bits per heavy atom. The van der Waals surface area contributed by atoms with E-state index in [1.165, 1.54) is 5.56 Å². The Bertz CT molecular complexity index is 872. The standard InChI is InChI=1S/C21H24N4O2.ClH/c1-25-12-11-22-14-18(25)21-23-20(27-24-21)15-26-19-10-6-5-9-17(19)13-16-7-3-2-4-8-16;/h2-10,18,22H,11-15H2,1H3;1H. The molecule has 1 unspecified atom stereocenters. The van der Waals surface area contributed by atoms with Crippen LogP contribution in [0, 0.1) is 0 Å². The van der Waals surface area contributed by atoms with Crippen LogP contribution in [0.5, 0.6) is 5.75 Å². The van der Waals surface area contributed by atoms with Gasteiger partial charge in [0.15, 0.2) is 12.4 Å². The maximum atomic E-state index is 6.00. The van der Waals surface area contributed by atoms with Crippen molar-refractivity contribution in [3.8, 4) is 5.75 Å². The van der Waals surface area contributed by atoms with Crippen molar-refractivity contribution in [2.45, 2.75) is 19.1 Å². The third-order valence-corrected chi connectivity index (χ3v) is 4.85. The third-order valence-electron chi connectivity index (χ3n) is 4.85. The highest BCUT2D eigenvalue weighted by Crippen LogP contribution is 2.23. The van der Waals surface area contributed by atoms with E-state index in [1.54, 1.807) is 0 Å². The average Bonchev–Trinajstić information content (AvgIpc) is 3.17. The summed E-state index contributed by atoms with van der Waals surface area (Å²) in [7, 11) is 2.08. The molecule has 1 saturated heterocycles. The van der Waals surface area contributed by atoms with Crippen LogP contribution in [0.3, 0.4) is 0 Å². The van der Waals surface area contributed by atoms with Gasteiger partial charge < -0.3 is 14.6 Å². The van der Waals surface area contributed by atoms with Gasteiger partial charge in [0, 0.05) is 26.1 Å². The lowest BCUT2D eigenvalue weighted by molar-refractivity contribution is 0.189. The number of piperazine rings is 1. The molecule has 0 spiro atoms. The highest BCUT2D eigenvalue weighted by Gasteiger charge is 2.25. The topological polar surface area (TPSA) is 63.4 Å². The summed E-state index contributed by atoms with van der Waals surface area (Å²) in [4.78, 5) is 6.77. The van der Waals surface area contributed by atoms with Crippen molar-refractivity contribution in [3.63, 3.8) is 0 Å². The molecule has 4 rings (SSSR count). The number of nitrogens with one attached hydrogen (secondary N) is 1. The number of likely N-dealkylation sites (N-methyl/N-ethyl adjacent to an activating group) is 1. The zero-order valence-electron chi connectivity index (χ0n) is 15.9. The lowest BCUT2D eigenvalue weighted by Crippen LogP contribution is -2.44. The molecule has 1 atom stereocenters. The number of halogens is 1. The molecule has 1 aliphatic heterocycles. The van der Waals surface area contributed by atoms with Crippen LogP contribution in [-0.2, 0) is 13.0 Å². The van der Waals surface area contributed by atoms with E-state index >= 15 is 0 Å². The van der Waals surface area contributed by atoms with Crippen molar-refractivity contribution in [2.24, 2.45) is 0 Å². The fourth-order valence-electron chi connectivity index (χ4n) is 3.30. The van der Waals surface area contributed by atoms with Gasteiger partial charge in [0.2, 0.25) is 0 Å². The minimum atomic E-state index is 0. The Labute approximate surface area is 171 Å². The first-order valence-electron chi connectivity index (χ1n) is 9.27. The van der Waals surface area contributed by atoms with Gasteiger partial charge in [-0.3, -0.25) is 4.90 Å². The number of para-hydroxylation sites is 1. The van der Waals surface area contributed by atoms with Gasteiger partial charge in [0.1, 0.15) is 5.75 Å². The Morgan fingerprint density at radius 3 is 2.75 bits per heavy atom. The normalized spacial score (nSPS) is 17.1. The van der Waals surface area contributed by atoms with Gasteiger partial charge in [0.05, 0.1) is 6.04 Å². The van der Waals surface area contributed by atoms with Crippen LogP contribution in [-0.4, -0.2) is 41.7 Å². The van der Waals surface area contributed by atoms with E-state index in [-0.39, 0.29) is 25.1 Å². The monoisotopic (exact) mass is 400 g/mol. The SMILES string of the molecule is CN1CCNCC1c1noc(COc2ccccc2Cc2ccccc2)n1.Cl. The molecule has 1 aliphatic rings. The van der Waals surface area contributed by atoms with Gasteiger partial charge in [-0.05, 0) is 24.2 Å². The number of hydrogen-bond acceptors (Lipinski definition) is 6. The predicted molar refractivity (Wildman–Crippen MR) is 110 cm³/mol. The Hall–Kier alpha value is -2.41. The molecule has 1 fully saturated rings. The molecule has 2 heterocycles. The van der Waals surface area contributed by atoms with Crippen LogP contribution in [0.4, 0.5) is 0 Å². The highest BCUT2D eigenvalue weighted by molar-refractivity contribution is 5.85. The van der Waals surface area contributed by atoms with Crippen LogP contribution >= 0.6 is 12.4 Å². The molecule has 0 saturated carbocycles. The first-order valence-corrected chi connectivity index (χ1v) is 9.27. The van der Waals surface area contributed by atoms with Gasteiger partial charge in [0.25, 0.3) is 5.89 Å². The summed E-state index contributed by atoms with van der Waals surface area (Å²) < 4.78 is 11.4. The van der Waals surface area contributed by atoms with Crippen molar-refractivity contribution in [2.75, 3.05) is 26.7 Å². The number of benzene rings is 2. The van der Waals surface area contributed by atoms with E-state index in [4.69, 9.17) is 9.26 Å². The Balaban J connectivity index is 0.00000225. The van der Waals surface area contributed by atoms with Gasteiger partial charge in [-0.15, -0.1) is 12.4 Å². The summed E-state index contributed by atoms with van der Waals surface area (Å²) in [6, 6.07) is 18.6. The largest absolute Gasteiger partial charge is 0.483 e. The second kappa shape index (κ2) is 9.68. The minimum absolute atomic E-state index is 0. The zero-order chi connectivity index (χ0) is 18.5. The van der Waals surface area contributed by atoms with Crippen molar-refractivity contribution in [1.82, 2.24) is 20.4 Å². The summed E-state index contributed by atoms with van der Waals surface area (Å²) in [6.45, 7) is 3.05. The molecule has 0 bridgehead atoms. The van der Waals surface area contributed by atoms with Gasteiger partial charge in [-0.25, -0.2) is 0 Å². The fraction of sp³-hybridized carbons (Fsp3) is 0.333. The second-order valence-corrected chi connectivity index (χ2v) is 6.81. The second-order valence-electron chi connectivity index (χ2n) is 6.81. The summed E-state index contributed by atoms with van der Waals surface area (Å²) in [5.41, 5.74) is 2.39. The first kappa shape index (κ1) is 20.3.